The number of rotatable bonds is 6. The van der Waals surface area contributed by atoms with Crippen LogP contribution in [-0.2, 0) is 18.3 Å². The lowest BCUT2D eigenvalue weighted by atomic mass is 10.1. The molecule has 1 N–H and O–H groups in total. The molecule has 124 valence electrons. The van der Waals surface area contributed by atoms with Crippen LogP contribution in [-0.4, -0.2) is 28.3 Å². The molecule has 0 aliphatic heterocycles. The molecule has 1 heterocycles. The van der Waals surface area contributed by atoms with Crippen LogP contribution in [0.25, 0.3) is 0 Å². The van der Waals surface area contributed by atoms with Crippen molar-refractivity contribution in [3.63, 3.8) is 0 Å². The average molecular weight is 315 g/mol. The quantitative estimate of drug-likeness (QED) is 0.891. The van der Waals surface area contributed by atoms with Gasteiger partial charge in [-0.1, -0.05) is 17.7 Å². The highest BCUT2D eigenvalue weighted by molar-refractivity contribution is 5.77. The van der Waals surface area contributed by atoms with E-state index < -0.39 is 0 Å². The van der Waals surface area contributed by atoms with Crippen LogP contribution < -0.4 is 10.1 Å². The number of hydrogen-bond donors (Lipinski definition) is 1. The van der Waals surface area contributed by atoms with Gasteiger partial charge in [0.25, 0.3) is 5.91 Å². The van der Waals surface area contributed by atoms with Gasteiger partial charge in [-0.25, -0.2) is 0 Å². The van der Waals surface area contributed by atoms with Crippen LogP contribution in [0.2, 0.25) is 0 Å². The molecular weight excluding hydrogens is 290 g/mol. The molecule has 2 aromatic rings. The molecule has 1 atom stereocenters. The van der Waals surface area contributed by atoms with E-state index in [-0.39, 0.29) is 18.6 Å². The van der Waals surface area contributed by atoms with Gasteiger partial charge in [0.05, 0.1) is 5.69 Å². The Labute approximate surface area is 137 Å². The molecule has 0 unspecified atom stereocenters. The molecule has 1 aromatic heterocycles. The van der Waals surface area contributed by atoms with Gasteiger partial charge >= 0.3 is 0 Å². The van der Waals surface area contributed by atoms with Crippen molar-refractivity contribution in [2.24, 2.45) is 7.05 Å². The van der Waals surface area contributed by atoms with E-state index in [0.29, 0.717) is 5.75 Å². The summed E-state index contributed by atoms with van der Waals surface area (Å²) in [5, 5.41) is 7.38. The number of nitrogens with zero attached hydrogens (tertiary/aromatic N) is 2. The number of benzene rings is 1. The monoisotopic (exact) mass is 315 g/mol. The predicted octanol–water partition coefficient (Wildman–Crippen LogP) is 2.47. The average Bonchev–Trinajstić information content (AvgIpc) is 2.73. The Morgan fingerprint density at radius 2 is 1.91 bits per heavy atom. The van der Waals surface area contributed by atoms with Gasteiger partial charge in [-0.3, -0.25) is 9.48 Å². The molecule has 5 heteroatoms. The number of hydrogen-bond acceptors (Lipinski definition) is 3. The number of nitrogens with one attached hydrogen (secondary N) is 1. The molecule has 5 nitrogen and oxygen atoms in total. The predicted molar refractivity (Wildman–Crippen MR) is 90.7 cm³/mol. The van der Waals surface area contributed by atoms with Crippen molar-refractivity contribution in [1.29, 1.82) is 0 Å². The van der Waals surface area contributed by atoms with Crippen LogP contribution in [0.1, 0.15) is 29.4 Å². The fraction of sp³-hybridized carbons (Fsp3) is 0.444. The van der Waals surface area contributed by atoms with Gasteiger partial charge in [-0.2, -0.15) is 5.10 Å². The first-order chi connectivity index (χ1) is 10.9. The molecule has 1 amide bonds. The largest absolute Gasteiger partial charge is 0.484 e. The first-order valence-electron chi connectivity index (χ1n) is 7.84. The van der Waals surface area contributed by atoms with Crippen LogP contribution in [0.15, 0.2) is 24.3 Å². The van der Waals surface area contributed by atoms with Crippen molar-refractivity contribution >= 4 is 5.91 Å². The Bertz CT molecular complexity index is 674. The van der Waals surface area contributed by atoms with Crippen molar-refractivity contribution in [3.05, 3.63) is 46.8 Å². The highest BCUT2D eigenvalue weighted by atomic mass is 16.5. The number of ether oxygens (including phenoxy) is 1. The van der Waals surface area contributed by atoms with E-state index in [0.717, 1.165) is 23.4 Å². The number of amides is 1. The maximum Gasteiger partial charge on any atom is 0.258 e. The zero-order chi connectivity index (χ0) is 17.0. The van der Waals surface area contributed by atoms with Crippen LogP contribution >= 0.6 is 0 Å². The van der Waals surface area contributed by atoms with Gasteiger partial charge in [-0.15, -0.1) is 0 Å². The summed E-state index contributed by atoms with van der Waals surface area (Å²) in [4.78, 5) is 12.0. The van der Waals surface area contributed by atoms with E-state index in [2.05, 4.69) is 10.4 Å². The molecular formula is C18H25N3O2. The summed E-state index contributed by atoms with van der Waals surface area (Å²) >= 11 is 0. The Hall–Kier alpha value is -2.30. The number of aryl methyl sites for hydroxylation is 3. The standard InChI is InChI=1S/C18H25N3O2/c1-12-6-8-16(9-7-12)23-11-18(22)19-13(2)10-17-14(3)20-21(5)15(17)4/h6-9,13H,10-11H2,1-5H3,(H,19,22)/t13-/m1/s1. The maximum atomic E-state index is 12.0. The van der Waals surface area contributed by atoms with Crippen molar-refractivity contribution in [2.75, 3.05) is 6.61 Å². The van der Waals surface area contributed by atoms with Crippen molar-refractivity contribution < 1.29 is 9.53 Å². The van der Waals surface area contributed by atoms with Crippen LogP contribution in [0.3, 0.4) is 0 Å². The van der Waals surface area contributed by atoms with E-state index in [4.69, 9.17) is 4.74 Å². The SMILES string of the molecule is Cc1ccc(OCC(=O)N[C@H](C)Cc2c(C)nn(C)c2C)cc1. The van der Waals surface area contributed by atoms with Gasteiger partial charge in [0, 0.05) is 18.8 Å². The third-order valence-electron chi connectivity index (χ3n) is 3.97. The summed E-state index contributed by atoms with van der Waals surface area (Å²) in [6, 6.07) is 7.70. The molecule has 0 saturated carbocycles. The summed E-state index contributed by atoms with van der Waals surface area (Å²) in [7, 11) is 1.94. The second-order valence-corrected chi connectivity index (χ2v) is 6.05. The molecule has 0 radical (unpaired) electrons. The van der Waals surface area contributed by atoms with Crippen LogP contribution in [0, 0.1) is 20.8 Å². The number of carbonyl (C=O) groups is 1. The summed E-state index contributed by atoms with van der Waals surface area (Å²) in [6.45, 7) is 8.08. The lowest BCUT2D eigenvalue weighted by Gasteiger charge is -2.15. The topological polar surface area (TPSA) is 56.1 Å². The van der Waals surface area contributed by atoms with Gasteiger partial charge < -0.3 is 10.1 Å². The lowest BCUT2D eigenvalue weighted by molar-refractivity contribution is -0.123. The third-order valence-corrected chi connectivity index (χ3v) is 3.97. The third kappa shape index (κ3) is 4.58. The molecule has 0 spiro atoms. The van der Waals surface area contributed by atoms with E-state index in [1.807, 2.05) is 63.7 Å². The molecule has 0 bridgehead atoms. The van der Waals surface area contributed by atoms with E-state index >= 15 is 0 Å². The van der Waals surface area contributed by atoms with Crippen LogP contribution in [0.4, 0.5) is 0 Å². The summed E-state index contributed by atoms with van der Waals surface area (Å²) in [5.41, 5.74) is 4.51. The minimum Gasteiger partial charge on any atom is -0.484 e. The van der Waals surface area contributed by atoms with E-state index in [1.54, 1.807) is 0 Å². The van der Waals surface area contributed by atoms with Crippen molar-refractivity contribution in [2.45, 2.75) is 40.2 Å². The first-order valence-corrected chi connectivity index (χ1v) is 7.84. The van der Waals surface area contributed by atoms with Gasteiger partial charge in [0.15, 0.2) is 6.61 Å². The Kier molecular flexibility index (Phi) is 5.42. The van der Waals surface area contributed by atoms with E-state index in [9.17, 15) is 4.79 Å². The Morgan fingerprint density at radius 1 is 1.26 bits per heavy atom. The smallest absolute Gasteiger partial charge is 0.258 e. The Morgan fingerprint density at radius 3 is 2.48 bits per heavy atom. The summed E-state index contributed by atoms with van der Waals surface area (Å²) in [5.74, 6) is 0.592. The molecule has 2 rings (SSSR count). The minimum absolute atomic E-state index is 0.0262. The minimum atomic E-state index is -0.114. The van der Waals surface area contributed by atoms with Crippen LogP contribution in [0.5, 0.6) is 5.75 Å². The molecule has 0 aliphatic rings. The maximum absolute atomic E-state index is 12.0. The van der Waals surface area contributed by atoms with E-state index in [1.165, 1.54) is 5.56 Å². The highest BCUT2D eigenvalue weighted by Gasteiger charge is 2.14. The van der Waals surface area contributed by atoms with Gasteiger partial charge in [-0.05, 0) is 51.8 Å². The highest BCUT2D eigenvalue weighted by Crippen LogP contribution is 2.14. The fourth-order valence-corrected chi connectivity index (χ4v) is 2.57. The molecule has 0 aliphatic carbocycles. The van der Waals surface area contributed by atoms with Gasteiger partial charge in [0.1, 0.15) is 5.75 Å². The lowest BCUT2D eigenvalue weighted by Crippen LogP contribution is -2.37. The summed E-state index contributed by atoms with van der Waals surface area (Å²) in [6.07, 6.45) is 0.766. The number of aromatic nitrogens is 2. The zero-order valence-corrected chi connectivity index (χ0v) is 14.5. The zero-order valence-electron chi connectivity index (χ0n) is 14.5. The Balaban J connectivity index is 1.83. The molecule has 0 saturated heterocycles. The van der Waals surface area contributed by atoms with Crippen molar-refractivity contribution in [3.8, 4) is 5.75 Å². The van der Waals surface area contributed by atoms with Gasteiger partial charge in [0.2, 0.25) is 0 Å². The molecule has 1 aromatic carbocycles. The molecule has 0 fully saturated rings. The van der Waals surface area contributed by atoms with Crippen molar-refractivity contribution in [1.82, 2.24) is 15.1 Å². The second-order valence-electron chi connectivity index (χ2n) is 6.05. The second kappa shape index (κ2) is 7.31. The molecule has 23 heavy (non-hydrogen) atoms. The normalized spacial score (nSPS) is 12.0. The fourth-order valence-electron chi connectivity index (χ4n) is 2.57. The number of carbonyl (C=O) groups excluding carboxylic acids is 1. The first kappa shape index (κ1) is 17.1. The summed E-state index contributed by atoms with van der Waals surface area (Å²) < 4.78 is 7.37.